The van der Waals surface area contributed by atoms with Crippen molar-refractivity contribution in [1.82, 2.24) is 20.1 Å². The number of para-hydroxylation sites is 1. The molecule has 3 aromatic rings. The maximum absolute atomic E-state index is 14.9. The molecule has 302 valence electrons. The molecule has 9 heterocycles. The van der Waals surface area contributed by atoms with Crippen LogP contribution in [-0.4, -0.2) is 107 Å². The van der Waals surface area contributed by atoms with Crippen molar-refractivity contribution < 1.29 is 43.5 Å². The molecule has 0 amide bonds. The number of nitrogens with one attached hydrogen (secondary N) is 2. The summed E-state index contributed by atoms with van der Waals surface area (Å²) in [4.78, 5) is 36.0. The lowest BCUT2D eigenvalue weighted by Crippen LogP contribution is -2.71. The highest BCUT2D eigenvalue weighted by atomic mass is 32.2. The van der Waals surface area contributed by atoms with Crippen molar-refractivity contribution in [3.05, 3.63) is 75.4 Å². The summed E-state index contributed by atoms with van der Waals surface area (Å²) in [5.41, 5.74) is 9.32. The predicted octanol–water partition coefficient (Wildman–Crippen LogP) is 3.96. The van der Waals surface area contributed by atoms with Crippen molar-refractivity contribution in [2.45, 2.75) is 80.7 Å². The zero-order chi connectivity index (χ0) is 39.7. The maximum atomic E-state index is 14.9. The Labute approximate surface area is 334 Å². The largest absolute Gasteiger partial charge is 0.508 e. The monoisotopic (exact) mass is 799 g/mol. The summed E-state index contributed by atoms with van der Waals surface area (Å²) in [7, 11) is 3.57. The lowest BCUT2D eigenvalue weighted by molar-refractivity contribution is -0.207. The van der Waals surface area contributed by atoms with Crippen LogP contribution in [0.25, 0.3) is 10.9 Å². The van der Waals surface area contributed by atoms with Gasteiger partial charge < -0.3 is 44.6 Å². The van der Waals surface area contributed by atoms with E-state index in [0.717, 1.165) is 38.9 Å². The first kappa shape index (κ1) is 37.0. The van der Waals surface area contributed by atoms with Crippen LogP contribution in [0.15, 0.2) is 47.4 Å². The van der Waals surface area contributed by atoms with Crippen LogP contribution in [0.3, 0.4) is 0 Å². The summed E-state index contributed by atoms with van der Waals surface area (Å²) in [5.74, 6) is 0.634. The van der Waals surface area contributed by atoms with E-state index in [1.54, 1.807) is 18.9 Å². The summed E-state index contributed by atoms with van der Waals surface area (Å²) in [6, 6.07) is 6.42. The van der Waals surface area contributed by atoms with Gasteiger partial charge in [-0.25, -0.2) is 4.79 Å². The number of nitrogens with zero attached hydrogens (tertiary/aromatic N) is 2. The SMILES string of the molecule is COC1=C(O)C2C(C=C1C)CC1(O)CN(C)[C@@H]2[C@@H]2[C@@H]3SC[C@]4(N[C@@H](CN)Cc5c4[nH]c4ccccc54)C(=O)OCC[C@@H](c4c5c(c(C)c(OC(C)=O)c43)OCO5)N21. The molecule has 15 heteroatoms. The Morgan fingerprint density at radius 1 is 1.14 bits per heavy atom. The van der Waals surface area contributed by atoms with E-state index >= 15 is 0 Å². The van der Waals surface area contributed by atoms with E-state index in [2.05, 4.69) is 32.2 Å². The van der Waals surface area contributed by atoms with Crippen molar-refractivity contribution in [3.63, 3.8) is 0 Å². The van der Waals surface area contributed by atoms with E-state index < -0.39 is 46.5 Å². The Morgan fingerprint density at radius 3 is 2.70 bits per heavy atom. The number of piperazine rings is 1. The van der Waals surface area contributed by atoms with Crippen LogP contribution in [0, 0.1) is 18.8 Å². The summed E-state index contributed by atoms with van der Waals surface area (Å²) < 4.78 is 30.8. The smallest absolute Gasteiger partial charge is 0.333 e. The third-order valence-electron chi connectivity index (χ3n) is 13.6. The van der Waals surface area contributed by atoms with Crippen molar-refractivity contribution in [3.8, 4) is 17.2 Å². The minimum atomic E-state index is -1.40. The Kier molecular flexibility index (Phi) is 8.53. The second-order valence-corrected chi connectivity index (χ2v) is 17.9. The number of hydrogen-bond donors (Lipinski definition) is 5. The molecule has 9 aliphatic rings. The molecule has 1 aliphatic carbocycles. The summed E-state index contributed by atoms with van der Waals surface area (Å²) in [6.07, 6.45) is 3.38. The molecule has 8 aliphatic heterocycles. The number of esters is 2. The first-order valence-electron chi connectivity index (χ1n) is 19.8. The predicted molar refractivity (Wildman–Crippen MR) is 211 cm³/mol. The number of benzene rings is 2. The zero-order valence-electron chi connectivity index (χ0n) is 32.7. The molecule has 0 radical (unpaired) electrons. The number of ether oxygens (including phenoxy) is 5. The minimum absolute atomic E-state index is 0.0155. The zero-order valence-corrected chi connectivity index (χ0v) is 33.5. The van der Waals surface area contributed by atoms with Gasteiger partial charge in [0.25, 0.3) is 0 Å². The van der Waals surface area contributed by atoms with Crippen LogP contribution < -0.4 is 25.3 Å². The van der Waals surface area contributed by atoms with Crippen molar-refractivity contribution >= 4 is 34.6 Å². The van der Waals surface area contributed by atoms with Gasteiger partial charge in [0, 0.05) is 89.9 Å². The number of H-pyrrole nitrogens is 1. The molecule has 4 unspecified atom stereocenters. The first-order chi connectivity index (χ1) is 27.4. The van der Waals surface area contributed by atoms with E-state index in [0.29, 0.717) is 54.5 Å². The number of nitrogens with two attached hydrogens (primary N) is 1. The molecule has 4 saturated heterocycles. The Morgan fingerprint density at radius 2 is 1.93 bits per heavy atom. The van der Waals surface area contributed by atoms with Crippen LogP contribution >= 0.6 is 11.8 Å². The van der Waals surface area contributed by atoms with Crippen molar-refractivity contribution in [2.24, 2.45) is 17.6 Å². The number of thioether (sulfide) groups is 1. The standard InChI is InChI=1S/C42H49N5O9S/c1-19-12-22-14-41(51)16-46(4)31(28(22)33(49)34(19)52-5)32-38-30-29(37-36(54-18-55-37)20(2)35(30)56-21(3)48)27(47(32)41)10-11-53-40(50)42(17-57-38)39-25(13-23(15-43)45-42)24-8-6-7-9-26(24)44-39/h6-9,12,22-23,27-28,31-32,38,44-45,49,51H,10-11,13-18,43H2,1-5H3/t22?,23-,27+,28?,31+,32-,38-,41?,42-/m1/s1. The highest BCUT2D eigenvalue weighted by Gasteiger charge is 2.65. The Bertz CT molecular complexity index is 2290. The Balaban J connectivity index is 1.24. The summed E-state index contributed by atoms with van der Waals surface area (Å²) >= 11 is 1.55. The van der Waals surface area contributed by atoms with Crippen LogP contribution in [0.2, 0.25) is 0 Å². The normalized spacial score (nSPS) is 35.4. The molecule has 14 nitrogen and oxygen atoms in total. The van der Waals surface area contributed by atoms with E-state index in [1.165, 1.54) is 6.92 Å². The number of aliphatic hydroxyl groups excluding tert-OH is 1. The molecule has 6 N–H and O–H groups in total. The van der Waals surface area contributed by atoms with Crippen molar-refractivity contribution in [2.75, 3.05) is 46.4 Å². The van der Waals surface area contributed by atoms with Gasteiger partial charge in [0.2, 0.25) is 6.79 Å². The van der Waals surface area contributed by atoms with Gasteiger partial charge in [-0.15, -0.1) is 11.8 Å². The fraction of sp³-hybridized carbons (Fsp3) is 0.524. The van der Waals surface area contributed by atoms with Gasteiger partial charge in [-0.2, -0.15) is 0 Å². The molecule has 4 bridgehead atoms. The van der Waals surface area contributed by atoms with Crippen LogP contribution in [0.5, 0.6) is 17.2 Å². The number of allylic oxidation sites excluding steroid dienone is 2. The number of aliphatic hydroxyl groups is 2. The molecule has 1 spiro atoms. The number of fused-ring (bicyclic) bond motifs is 9. The lowest BCUT2D eigenvalue weighted by Gasteiger charge is -2.61. The second-order valence-electron chi connectivity index (χ2n) is 16.8. The average Bonchev–Trinajstić information content (AvgIpc) is 3.76. The number of methoxy groups -OCH3 is 1. The molecule has 4 fully saturated rings. The molecular formula is C42H49N5O9S. The molecule has 0 saturated carbocycles. The number of aromatic amines is 1. The fourth-order valence-electron chi connectivity index (χ4n) is 11.6. The lowest BCUT2D eigenvalue weighted by atomic mass is 9.73. The highest BCUT2D eigenvalue weighted by molar-refractivity contribution is 7.99. The van der Waals surface area contributed by atoms with Gasteiger partial charge in [0.15, 0.2) is 22.8 Å². The molecular weight excluding hydrogens is 751 g/mol. The molecule has 57 heavy (non-hydrogen) atoms. The number of hydrogen-bond acceptors (Lipinski definition) is 14. The van der Waals surface area contributed by atoms with E-state index in [-0.39, 0.29) is 49.3 Å². The Hall–Kier alpha value is -4.25. The van der Waals surface area contributed by atoms with E-state index in [1.807, 2.05) is 39.1 Å². The minimum Gasteiger partial charge on any atom is -0.508 e. The maximum Gasteiger partial charge on any atom is 0.333 e. The van der Waals surface area contributed by atoms with Gasteiger partial charge in [-0.3, -0.25) is 19.9 Å². The van der Waals surface area contributed by atoms with Gasteiger partial charge in [0.1, 0.15) is 17.2 Å². The van der Waals surface area contributed by atoms with Gasteiger partial charge in [-0.1, -0.05) is 24.3 Å². The van der Waals surface area contributed by atoms with Crippen LogP contribution in [0.1, 0.15) is 65.9 Å². The van der Waals surface area contributed by atoms with Gasteiger partial charge in [-0.05, 0) is 56.9 Å². The van der Waals surface area contributed by atoms with E-state index in [9.17, 15) is 19.8 Å². The number of carbonyl (C=O) groups excluding carboxylic acids is 2. The highest BCUT2D eigenvalue weighted by Crippen LogP contribution is 2.65. The molecule has 2 aromatic carbocycles. The average molecular weight is 800 g/mol. The van der Waals surface area contributed by atoms with Gasteiger partial charge >= 0.3 is 11.9 Å². The number of rotatable bonds is 3. The third-order valence-corrected chi connectivity index (χ3v) is 15.1. The second kappa shape index (κ2) is 13.1. The third kappa shape index (κ3) is 5.15. The number of aromatic nitrogens is 1. The number of likely N-dealkylation sites (N-methyl/N-ethyl adjacent to an activating group) is 1. The van der Waals surface area contributed by atoms with E-state index in [4.69, 9.17) is 29.4 Å². The topological polar surface area (TPSA) is 181 Å². The van der Waals surface area contributed by atoms with Gasteiger partial charge in [0.05, 0.1) is 24.7 Å². The molecule has 10 atom stereocenters. The van der Waals surface area contributed by atoms with Crippen LogP contribution in [0.4, 0.5) is 0 Å². The first-order valence-corrected chi connectivity index (χ1v) is 20.8. The van der Waals surface area contributed by atoms with Crippen molar-refractivity contribution in [1.29, 1.82) is 0 Å². The molecule has 12 rings (SSSR count). The summed E-state index contributed by atoms with van der Waals surface area (Å²) in [5, 5.41) is 29.7. The quantitative estimate of drug-likeness (QED) is 0.190. The molecule has 1 aromatic heterocycles. The number of carbonyl (C=O) groups is 2. The summed E-state index contributed by atoms with van der Waals surface area (Å²) in [6.45, 7) is 5.78. The fourth-order valence-corrected chi connectivity index (χ4v) is 13.3. The van der Waals surface area contributed by atoms with Crippen LogP contribution in [-0.2, 0) is 31.0 Å².